The van der Waals surface area contributed by atoms with Crippen molar-refractivity contribution >= 4 is 39.1 Å². The normalized spacial score (nSPS) is 12.9. The van der Waals surface area contributed by atoms with Gasteiger partial charge in [-0.15, -0.1) is 0 Å². The lowest BCUT2D eigenvalue weighted by Gasteiger charge is -2.33. The lowest BCUT2D eigenvalue weighted by molar-refractivity contribution is -0.139. The van der Waals surface area contributed by atoms with E-state index in [0.717, 1.165) is 27.4 Å². The van der Waals surface area contributed by atoms with Gasteiger partial charge < -0.3 is 10.2 Å². The number of nitrogens with zero attached hydrogens (tertiary/aromatic N) is 2. The van der Waals surface area contributed by atoms with E-state index < -0.39 is 28.5 Å². The minimum atomic E-state index is -4.14. The second kappa shape index (κ2) is 13.3. The van der Waals surface area contributed by atoms with E-state index >= 15 is 0 Å². The molecule has 0 aliphatic carbocycles. The van der Waals surface area contributed by atoms with Crippen molar-refractivity contribution in [2.45, 2.75) is 71.5 Å². The van der Waals surface area contributed by atoms with E-state index in [1.165, 1.54) is 17.0 Å². The van der Waals surface area contributed by atoms with Crippen molar-refractivity contribution in [2.75, 3.05) is 10.8 Å². The van der Waals surface area contributed by atoms with E-state index in [2.05, 4.69) is 5.32 Å². The molecule has 3 rings (SSSR count). The Morgan fingerprint density at radius 1 is 0.925 bits per heavy atom. The molecule has 0 radical (unpaired) electrons. The summed E-state index contributed by atoms with van der Waals surface area (Å²) in [5.74, 6) is -0.799. The fourth-order valence-electron chi connectivity index (χ4n) is 4.27. The third-order valence-electron chi connectivity index (χ3n) is 7.09. The first-order valence-corrected chi connectivity index (χ1v) is 15.2. The van der Waals surface area contributed by atoms with Crippen LogP contribution in [-0.4, -0.2) is 43.8 Å². The van der Waals surface area contributed by atoms with Crippen LogP contribution < -0.4 is 9.62 Å². The van der Waals surface area contributed by atoms with Crippen LogP contribution in [0.1, 0.15) is 49.4 Å². The van der Waals surface area contributed by atoms with Crippen molar-refractivity contribution in [1.82, 2.24) is 10.2 Å². The monoisotopic (exact) mass is 583 g/mol. The summed E-state index contributed by atoms with van der Waals surface area (Å²) in [6, 6.07) is 18.1. The molecule has 2 atom stereocenters. The highest BCUT2D eigenvalue weighted by Gasteiger charge is 2.33. The molecule has 214 valence electrons. The van der Waals surface area contributed by atoms with E-state index in [4.69, 9.17) is 11.6 Å². The Labute approximate surface area is 243 Å². The second-order valence-corrected chi connectivity index (χ2v) is 12.5. The zero-order valence-electron chi connectivity index (χ0n) is 23.9. The number of hydrogen-bond acceptors (Lipinski definition) is 4. The van der Waals surface area contributed by atoms with Gasteiger partial charge in [0.1, 0.15) is 12.6 Å². The van der Waals surface area contributed by atoms with Crippen molar-refractivity contribution in [2.24, 2.45) is 0 Å². The van der Waals surface area contributed by atoms with Crippen molar-refractivity contribution in [3.05, 3.63) is 94.0 Å². The minimum absolute atomic E-state index is 0.0632. The minimum Gasteiger partial charge on any atom is -0.352 e. The number of sulfonamides is 1. The molecule has 0 unspecified atom stereocenters. The number of aryl methyl sites for hydroxylation is 3. The van der Waals surface area contributed by atoms with Crippen LogP contribution in [0.2, 0.25) is 5.02 Å². The molecule has 9 heteroatoms. The van der Waals surface area contributed by atoms with Crippen LogP contribution in [0.25, 0.3) is 0 Å². The zero-order valence-corrected chi connectivity index (χ0v) is 25.5. The number of benzene rings is 3. The molecule has 0 aliphatic rings. The van der Waals surface area contributed by atoms with Crippen molar-refractivity contribution in [3.63, 3.8) is 0 Å². The predicted octanol–water partition coefficient (Wildman–Crippen LogP) is 5.79. The van der Waals surface area contributed by atoms with E-state index in [1.807, 2.05) is 52.0 Å². The summed E-state index contributed by atoms with van der Waals surface area (Å²) < 4.78 is 29.1. The van der Waals surface area contributed by atoms with E-state index in [0.29, 0.717) is 16.3 Å². The van der Waals surface area contributed by atoms with Gasteiger partial charge in [0, 0.05) is 17.6 Å². The van der Waals surface area contributed by atoms with Gasteiger partial charge in [-0.1, -0.05) is 60.5 Å². The average Bonchev–Trinajstić information content (AvgIpc) is 2.91. The van der Waals surface area contributed by atoms with Gasteiger partial charge in [-0.25, -0.2) is 8.42 Å². The first-order valence-electron chi connectivity index (χ1n) is 13.3. The van der Waals surface area contributed by atoms with E-state index in [9.17, 15) is 18.0 Å². The topological polar surface area (TPSA) is 86.8 Å². The molecule has 2 amide bonds. The maximum Gasteiger partial charge on any atom is 0.264 e. The van der Waals surface area contributed by atoms with Gasteiger partial charge in [0.05, 0.1) is 10.6 Å². The van der Waals surface area contributed by atoms with Gasteiger partial charge in [-0.2, -0.15) is 0 Å². The zero-order chi connectivity index (χ0) is 29.6. The number of hydrogen-bond donors (Lipinski definition) is 1. The number of carbonyl (C=O) groups excluding carboxylic acids is 2. The van der Waals surface area contributed by atoms with Crippen LogP contribution in [0.3, 0.4) is 0 Å². The van der Waals surface area contributed by atoms with Crippen molar-refractivity contribution < 1.29 is 18.0 Å². The highest BCUT2D eigenvalue weighted by molar-refractivity contribution is 7.92. The smallest absolute Gasteiger partial charge is 0.264 e. The predicted molar refractivity (Wildman–Crippen MR) is 161 cm³/mol. The Hall–Kier alpha value is -3.36. The van der Waals surface area contributed by atoms with Crippen molar-refractivity contribution in [1.29, 1.82) is 0 Å². The lowest BCUT2D eigenvalue weighted by atomic mass is 10.1. The molecule has 7 nitrogen and oxygen atoms in total. The van der Waals surface area contributed by atoms with Gasteiger partial charge in [0.15, 0.2) is 0 Å². The third kappa shape index (κ3) is 7.43. The molecule has 0 saturated carbocycles. The molecule has 0 saturated heterocycles. The fraction of sp³-hybridized carbons (Fsp3) is 0.355. The van der Waals surface area contributed by atoms with E-state index in [1.54, 1.807) is 44.2 Å². The third-order valence-corrected chi connectivity index (χ3v) is 9.09. The average molecular weight is 584 g/mol. The Bertz CT molecular complexity index is 1460. The Balaban J connectivity index is 2.07. The number of amides is 2. The van der Waals surface area contributed by atoms with Crippen LogP contribution in [0.15, 0.2) is 71.6 Å². The van der Waals surface area contributed by atoms with E-state index in [-0.39, 0.29) is 23.4 Å². The molecule has 0 spiro atoms. The summed E-state index contributed by atoms with van der Waals surface area (Å²) in [4.78, 5) is 28.8. The van der Waals surface area contributed by atoms with Gasteiger partial charge in [0.2, 0.25) is 11.8 Å². The summed E-state index contributed by atoms with van der Waals surface area (Å²) in [5.41, 5.74) is 3.69. The van der Waals surface area contributed by atoms with Gasteiger partial charge >= 0.3 is 0 Å². The molecular weight excluding hydrogens is 546 g/mol. The lowest BCUT2D eigenvalue weighted by Crippen LogP contribution is -2.52. The summed E-state index contributed by atoms with van der Waals surface area (Å²) in [6.45, 7) is 10.7. The van der Waals surface area contributed by atoms with Crippen molar-refractivity contribution in [3.8, 4) is 0 Å². The largest absolute Gasteiger partial charge is 0.352 e. The molecule has 0 aliphatic heterocycles. The highest BCUT2D eigenvalue weighted by atomic mass is 35.5. The van der Waals surface area contributed by atoms with Gasteiger partial charge in [0.25, 0.3) is 10.0 Å². The molecule has 3 aromatic rings. The van der Waals surface area contributed by atoms with Gasteiger partial charge in [-0.05, 0) is 88.1 Å². The molecule has 0 fully saturated rings. The summed E-state index contributed by atoms with van der Waals surface area (Å²) in [7, 11) is -4.14. The maximum absolute atomic E-state index is 14.1. The van der Waals surface area contributed by atoms with Crippen LogP contribution in [0.5, 0.6) is 0 Å². The Kier molecular flexibility index (Phi) is 10.4. The first-order chi connectivity index (χ1) is 18.8. The number of halogens is 1. The first kappa shape index (κ1) is 31.2. The number of nitrogens with one attached hydrogen (secondary N) is 1. The highest BCUT2D eigenvalue weighted by Crippen LogP contribution is 2.29. The van der Waals surface area contributed by atoms with Crippen LogP contribution in [-0.2, 0) is 26.2 Å². The number of anilines is 1. The molecule has 0 bridgehead atoms. The van der Waals surface area contributed by atoms with Crippen LogP contribution in [0.4, 0.5) is 5.69 Å². The number of carbonyl (C=O) groups is 2. The molecular formula is C31H38ClN3O4S. The SMILES string of the molecule is CC[C@H](C)NC(=O)[C@@H](C)N(Cc1ccccc1C)C(=O)CN(c1ccc(Cl)cc1C)S(=O)(=O)c1ccc(C)cc1. The summed E-state index contributed by atoms with van der Waals surface area (Å²) in [6.07, 6.45) is 0.739. The molecule has 3 aromatic carbocycles. The standard InChI is InChI=1S/C31H38ClN3O4S/c1-7-24(5)33-31(37)25(6)34(19-26-11-9-8-10-22(26)3)30(36)20-35(29-17-14-27(32)18-23(29)4)40(38,39)28-15-12-21(2)13-16-28/h8-18,24-25H,7,19-20H2,1-6H3,(H,33,37)/t24-,25+/m0/s1. The quantitative estimate of drug-likeness (QED) is 0.309. The maximum atomic E-state index is 14.1. The summed E-state index contributed by atoms with van der Waals surface area (Å²) >= 11 is 6.17. The fourth-order valence-corrected chi connectivity index (χ4v) is 5.97. The van der Waals surface area contributed by atoms with Crippen LogP contribution in [0, 0.1) is 20.8 Å². The molecule has 0 heterocycles. The number of rotatable bonds is 11. The Morgan fingerprint density at radius 3 is 2.17 bits per heavy atom. The second-order valence-electron chi connectivity index (χ2n) is 10.2. The summed E-state index contributed by atoms with van der Waals surface area (Å²) in [5, 5.41) is 3.40. The van der Waals surface area contributed by atoms with Crippen LogP contribution >= 0.6 is 11.6 Å². The molecule has 1 N–H and O–H groups in total. The Morgan fingerprint density at radius 2 is 1.57 bits per heavy atom. The molecule has 40 heavy (non-hydrogen) atoms. The van der Waals surface area contributed by atoms with Gasteiger partial charge in [-0.3, -0.25) is 13.9 Å². The molecule has 0 aromatic heterocycles.